The second kappa shape index (κ2) is 15.3. The highest BCUT2D eigenvalue weighted by molar-refractivity contribution is 6.36. The fourth-order valence-electron chi connectivity index (χ4n) is 7.94. The van der Waals surface area contributed by atoms with Crippen LogP contribution in [-0.2, 0) is 19.5 Å². The van der Waals surface area contributed by atoms with Gasteiger partial charge in [-0.15, -0.1) is 0 Å². The Bertz CT molecular complexity index is 2310. The average Bonchev–Trinajstić information content (AvgIpc) is 3.92. The largest absolute Gasteiger partial charge is 0.481 e. The number of nitriles is 1. The molecule has 12 nitrogen and oxygen atoms in total. The van der Waals surface area contributed by atoms with E-state index in [-0.39, 0.29) is 35.3 Å². The number of aliphatic hydroxyl groups excluding tert-OH is 2. The van der Waals surface area contributed by atoms with Gasteiger partial charge in [0.25, 0.3) is 0 Å². The van der Waals surface area contributed by atoms with Crippen LogP contribution >= 0.6 is 23.2 Å². The van der Waals surface area contributed by atoms with Crippen molar-refractivity contribution in [1.29, 1.82) is 10.7 Å². The first kappa shape index (κ1) is 36.5. The first-order chi connectivity index (χ1) is 26.2. The molecule has 2 aliphatic heterocycles. The van der Waals surface area contributed by atoms with Gasteiger partial charge in [-0.3, -0.25) is 10.3 Å². The number of hydrogen-bond acceptors (Lipinski definition) is 11. The molecule has 3 N–H and O–H groups in total. The molecule has 3 aliphatic rings. The lowest BCUT2D eigenvalue weighted by atomic mass is 9.95. The molecule has 2 fully saturated rings. The van der Waals surface area contributed by atoms with Crippen molar-refractivity contribution in [3.8, 4) is 40.4 Å². The molecule has 2 aromatic carbocycles. The van der Waals surface area contributed by atoms with Gasteiger partial charge in [-0.2, -0.15) is 10.2 Å². The number of aliphatic hydroxyl groups is 2. The summed E-state index contributed by atoms with van der Waals surface area (Å²) in [6, 6.07) is 15.8. The molecule has 5 aromatic rings. The Morgan fingerprint density at radius 1 is 0.944 bits per heavy atom. The van der Waals surface area contributed by atoms with Gasteiger partial charge in [0.1, 0.15) is 22.8 Å². The number of nitrogens with one attached hydrogen (secondary N) is 1. The van der Waals surface area contributed by atoms with E-state index >= 15 is 0 Å². The Labute approximate surface area is 322 Å². The maximum atomic E-state index is 10.0. The van der Waals surface area contributed by atoms with Crippen molar-refractivity contribution < 1.29 is 24.1 Å². The summed E-state index contributed by atoms with van der Waals surface area (Å²) in [5.41, 5.74) is 6.28. The molecule has 0 amide bonds. The van der Waals surface area contributed by atoms with Crippen LogP contribution in [0.1, 0.15) is 54.0 Å². The second-order valence-electron chi connectivity index (χ2n) is 14.3. The quantitative estimate of drug-likeness (QED) is 0.151. The van der Waals surface area contributed by atoms with Gasteiger partial charge in [0.15, 0.2) is 16.6 Å². The van der Waals surface area contributed by atoms with E-state index in [9.17, 15) is 15.5 Å². The molecule has 8 rings (SSSR count). The normalized spacial score (nSPS) is 19.3. The number of β-amino-alcohol motifs (C(OH)–C–C–N with tert-alkyl or cyclic N) is 1. The number of likely N-dealkylation sites (tertiary alicyclic amines) is 2. The predicted octanol–water partition coefficient (Wildman–Crippen LogP) is 6.11. The number of ether oxygens (including phenoxy) is 2. The van der Waals surface area contributed by atoms with Crippen LogP contribution in [0.4, 0.5) is 0 Å². The zero-order valence-electron chi connectivity index (χ0n) is 29.9. The first-order valence-electron chi connectivity index (χ1n) is 18.3. The van der Waals surface area contributed by atoms with Gasteiger partial charge >= 0.3 is 0 Å². The maximum Gasteiger partial charge on any atom is 0.236 e. The number of rotatable bonds is 10. The van der Waals surface area contributed by atoms with Gasteiger partial charge in [-0.1, -0.05) is 53.5 Å². The van der Waals surface area contributed by atoms with E-state index < -0.39 is 0 Å². The van der Waals surface area contributed by atoms with E-state index in [1.165, 1.54) is 0 Å². The molecule has 1 aliphatic carbocycles. The lowest BCUT2D eigenvalue weighted by Crippen LogP contribution is -2.38. The van der Waals surface area contributed by atoms with E-state index in [4.69, 9.17) is 47.5 Å². The summed E-state index contributed by atoms with van der Waals surface area (Å²) < 4.78 is 20.0. The minimum absolute atomic E-state index is 0.156. The maximum absolute atomic E-state index is 10.0. The first-order valence-corrected chi connectivity index (χ1v) is 19.1. The lowest BCUT2D eigenvalue weighted by Gasteiger charge is -2.29. The predicted molar refractivity (Wildman–Crippen MR) is 204 cm³/mol. The third-order valence-electron chi connectivity index (χ3n) is 10.8. The van der Waals surface area contributed by atoms with E-state index in [0.29, 0.717) is 71.0 Å². The van der Waals surface area contributed by atoms with Crippen molar-refractivity contribution in [2.45, 2.75) is 63.5 Å². The van der Waals surface area contributed by atoms with Crippen LogP contribution in [0, 0.1) is 16.7 Å². The lowest BCUT2D eigenvalue weighted by molar-refractivity contribution is 0.0808. The van der Waals surface area contributed by atoms with E-state index in [2.05, 4.69) is 26.9 Å². The van der Waals surface area contributed by atoms with E-state index in [1.807, 2.05) is 36.4 Å². The summed E-state index contributed by atoms with van der Waals surface area (Å²) in [6.07, 6.45) is 4.44. The summed E-state index contributed by atoms with van der Waals surface area (Å²) in [6.45, 7) is 4.76. The minimum atomic E-state index is -0.325. The number of aromatic nitrogens is 3. The molecule has 0 spiro atoms. The smallest absolute Gasteiger partial charge is 0.236 e. The fraction of sp³-hybridized carbons (Fsp3) is 0.400. The molecule has 14 heteroatoms. The zero-order valence-corrected chi connectivity index (χ0v) is 31.4. The van der Waals surface area contributed by atoms with Crippen LogP contribution in [-0.4, -0.2) is 86.6 Å². The van der Waals surface area contributed by atoms with Gasteiger partial charge in [-0.05, 0) is 60.9 Å². The molecular weight excluding hydrogens is 729 g/mol. The summed E-state index contributed by atoms with van der Waals surface area (Å²) >= 11 is 13.9. The zero-order chi connectivity index (χ0) is 37.5. The Kier molecular flexibility index (Phi) is 10.4. The van der Waals surface area contributed by atoms with Gasteiger partial charge < -0.3 is 33.6 Å². The molecule has 0 unspecified atom stereocenters. The molecule has 0 bridgehead atoms. The third kappa shape index (κ3) is 7.08. The molecule has 2 saturated heterocycles. The minimum Gasteiger partial charge on any atom is -0.481 e. The van der Waals surface area contributed by atoms with Crippen molar-refractivity contribution in [2.75, 3.05) is 39.8 Å². The van der Waals surface area contributed by atoms with Gasteiger partial charge in [0, 0.05) is 63.1 Å². The molecule has 5 heterocycles. The monoisotopic (exact) mass is 769 g/mol. The Morgan fingerprint density at radius 2 is 1.69 bits per heavy atom. The van der Waals surface area contributed by atoms with Gasteiger partial charge in [-0.25, -0.2) is 4.98 Å². The van der Waals surface area contributed by atoms with Crippen molar-refractivity contribution in [2.24, 2.45) is 0 Å². The van der Waals surface area contributed by atoms with Crippen LogP contribution in [0.2, 0.25) is 10.0 Å². The Balaban J connectivity index is 1.06. The molecule has 0 saturated carbocycles. The number of methoxy groups -OCH3 is 1. The molecular formula is C40H41Cl2N7O5. The van der Waals surface area contributed by atoms with Crippen LogP contribution in [0.5, 0.6) is 11.8 Å². The standard InChI is InChI=1S/C40H41Cl2N7O5/c1-52-38-23(20-48-15-12-26(51)22-48)18-32(41)40(46-38)53-33-9-8-28-27(4-2-5-29(28)33)30-6-3-7-31(34(30)42)39-45-35-36(54-39)24(19-43)21-49(37(35)44)17-16-47-13-10-25(50)11-14-47/h2-7,18,21,25-26,33,44,50-51H,8-17,20,22H2,1H3/t26-,33+/m1/s1. The highest BCUT2D eigenvalue weighted by Gasteiger charge is 2.30. The Hall–Kier alpha value is -4.48. The molecule has 2 atom stereocenters. The highest BCUT2D eigenvalue weighted by Crippen LogP contribution is 2.45. The van der Waals surface area contributed by atoms with Crippen LogP contribution in [0.25, 0.3) is 33.7 Å². The number of halogens is 2. The summed E-state index contributed by atoms with van der Waals surface area (Å²) in [4.78, 5) is 13.8. The molecule has 3 aromatic heterocycles. The third-order valence-corrected chi connectivity index (χ3v) is 11.5. The Morgan fingerprint density at radius 3 is 2.44 bits per heavy atom. The fourth-order valence-corrected chi connectivity index (χ4v) is 8.46. The number of piperidine rings is 1. The van der Waals surface area contributed by atoms with E-state index in [0.717, 1.165) is 73.1 Å². The van der Waals surface area contributed by atoms with Crippen molar-refractivity contribution >= 4 is 34.3 Å². The highest BCUT2D eigenvalue weighted by atomic mass is 35.5. The second-order valence-corrected chi connectivity index (χ2v) is 15.1. The number of pyridine rings is 2. The summed E-state index contributed by atoms with van der Waals surface area (Å²) in [5, 5.41) is 39.6. The van der Waals surface area contributed by atoms with Crippen molar-refractivity contribution in [1.82, 2.24) is 24.3 Å². The number of fused-ring (bicyclic) bond motifs is 2. The van der Waals surface area contributed by atoms with Crippen LogP contribution in [0.3, 0.4) is 0 Å². The molecule has 54 heavy (non-hydrogen) atoms. The number of hydrogen-bond donors (Lipinski definition) is 3. The van der Waals surface area contributed by atoms with Crippen molar-refractivity contribution in [3.05, 3.63) is 86.4 Å². The van der Waals surface area contributed by atoms with Crippen LogP contribution < -0.4 is 15.0 Å². The number of oxazole rings is 1. The van der Waals surface area contributed by atoms with E-state index in [1.54, 1.807) is 17.9 Å². The van der Waals surface area contributed by atoms with Gasteiger partial charge in [0.2, 0.25) is 17.7 Å². The van der Waals surface area contributed by atoms with Gasteiger partial charge in [0.05, 0.1) is 29.9 Å². The molecule has 280 valence electrons. The summed E-state index contributed by atoms with van der Waals surface area (Å²) in [5.74, 6) is 0.979. The SMILES string of the molecule is COc1nc(O[C@H]2CCc3c(-c4cccc(-c5nc6c(=N)n(CCN7CCC(O)CC7)cc(C#N)c6o5)c4Cl)cccc32)c(Cl)cc1CN1CC[C@@H](O)C1. The number of nitrogens with zero attached hydrogens (tertiary/aromatic N) is 6. The van der Waals surface area contributed by atoms with Crippen molar-refractivity contribution in [3.63, 3.8) is 0 Å². The average molecular weight is 771 g/mol. The number of benzene rings is 2. The summed E-state index contributed by atoms with van der Waals surface area (Å²) in [7, 11) is 1.58. The molecule has 0 radical (unpaired) electrons. The van der Waals surface area contributed by atoms with Crippen LogP contribution in [0.15, 0.2) is 53.1 Å². The topological polar surface area (TPSA) is 157 Å².